The molecule has 0 radical (unpaired) electrons. The van der Waals surface area contributed by atoms with E-state index < -0.39 is 11.2 Å². The van der Waals surface area contributed by atoms with Crippen LogP contribution in [0.25, 0.3) is 0 Å². The molecule has 4 aliphatic heterocycles. The van der Waals surface area contributed by atoms with Crippen molar-refractivity contribution in [1.82, 2.24) is 4.90 Å². The molecule has 11 nitrogen and oxygen atoms in total. The molecule has 48 heavy (non-hydrogen) atoms. The van der Waals surface area contributed by atoms with Crippen molar-refractivity contribution < 1.29 is 44.3 Å². The molecule has 11 heteroatoms. The number of quaternary nitrogens is 2. The highest BCUT2D eigenvalue weighted by Gasteiger charge is 2.66. The molecule has 2 aliphatic carbocycles. The van der Waals surface area contributed by atoms with E-state index in [4.69, 9.17) is 19.9 Å². The summed E-state index contributed by atoms with van der Waals surface area (Å²) in [5, 5.41) is 13.7. The van der Waals surface area contributed by atoms with E-state index in [0.29, 0.717) is 43.6 Å². The maximum absolute atomic E-state index is 13.6. The third-order valence-corrected chi connectivity index (χ3v) is 13.0. The Labute approximate surface area is 285 Å². The fourth-order valence-corrected chi connectivity index (χ4v) is 10.2. The molecular weight excluding hydrogens is 612 g/mol. The summed E-state index contributed by atoms with van der Waals surface area (Å²) in [4.78, 5) is 42.0. The van der Waals surface area contributed by atoms with Crippen molar-refractivity contribution in [2.24, 2.45) is 47.2 Å². The molecule has 1 amide bonds. The van der Waals surface area contributed by atoms with E-state index >= 15 is 0 Å². The number of aliphatic hydroxyl groups is 1. The Bertz CT molecular complexity index is 1270. The molecule has 4 heterocycles. The van der Waals surface area contributed by atoms with E-state index in [1.54, 1.807) is 13.0 Å². The zero-order valence-corrected chi connectivity index (χ0v) is 29.5. The average molecular weight is 673 g/mol. The highest BCUT2D eigenvalue weighted by Crippen LogP contribution is 2.60. The fraction of sp³-hybridized carbons (Fsp3) is 0.811. The van der Waals surface area contributed by atoms with Crippen LogP contribution in [0.4, 0.5) is 0 Å². The molecule has 1 spiro atoms. The van der Waals surface area contributed by atoms with Gasteiger partial charge in [0.15, 0.2) is 0 Å². The van der Waals surface area contributed by atoms with E-state index in [2.05, 4.69) is 29.8 Å². The van der Waals surface area contributed by atoms with Crippen LogP contribution < -0.4 is 16.4 Å². The van der Waals surface area contributed by atoms with Gasteiger partial charge in [-0.05, 0) is 70.6 Å². The van der Waals surface area contributed by atoms with Gasteiger partial charge < -0.3 is 34.9 Å². The van der Waals surface area contributed by atoms with Gasteiger partial charge in [-0.25, -0.2) is 4.79 Å². The van der Waals surface area contributed by atoms with Gasteiger partial charge in [-0.2, -0.15) is 0 Å². The van der Waals surface area contributed by atoms with Crippen LogP contribution >= 0.6 is 0 Å². The molecule has 0 aromatic carbocycles. The van der Waals surface area contributed by atoms with Crippen molar-refractivity contribution in [2.75, 3.05) is 39.8 Å². The van der Waals surface area contributed by atoms with Gasteiger partial charge in [0.25, 0.3) is 0 Å². The Morgan fingerprint density at radius 1 is 1.21 bits per heavy atom. The zero-order chi connectivity index (χ0) is 34.2. The maximum Gasteiger partial charge on any atom is 0.334 e. The van der Waals surface area contributed by atoms with Crippen LogP contribution in [0.15, 0.2) is 23.8 Å². The number of hydrogen-bond acceptors (Lipinski definition) is 8. The molecule has 11 atom stereocenters. The highest BCUT2D eigenvalue weighted by atomic mass is 16.6. The van der Waals surface area contributed by atoms with Crippen LogP contribution in [-0.2, 0) is 28.6 Å². The van der Waals surface area contributed by atoms with Crippen LogP contribution in [0, 0.1) is 41.4 Å². The number of likely N-dealkylation sites (tertiary alicyclic amines) is 1. The smallest absolute Gasteiger partial charge is 0.334 e. The monoisotopic (exact) mass is 672 g/mol. The zero-order valence-electron chi connectivity index (χ0n) is 29.5. The molecule has 7 N–H and O–H groups in total. The molecule has 5 fully saturated rings. The molecule has 0 bridgehead atoms. The summed E-state index contributed by atoms with van der Waals surface area (Å²) in [6.45, 7) is 9.22. The SMILES string of the molecule is CC=C(C)C(=O)O[C@@]1(C)CC=C[C@@H](C2CC(N)[NH2+]CC2CC(=O)N2CC(C[NH2+]C)C2)[C@@]12CC1CC3CC(CCCO)C(=O)OC3CC1O2. The Morgan fingerprint density at radius 2 is 2.00 bits per heavy atom. The first-order chi connectivity index (χ1) is 23.0. The second-order valence-electron chi connectivity index (χ2n) is 16.1. The number of carbonyl (C=O) groups is 3. The van der Waals surface area contributed by atoms with Gasteiger partial charge in [0.05, 0.1) is 32.2 Å². The lowest BCUT2D eigenvalue weighted by molar-refractivity contribution is -0.706. The number of amides is 1. The van der Waals surface area contributed by atoms with Gasteiger partial charge in [-0.15, -0.1) is 0 Å². The molecule has 6 rings (SSSR count). The van der Waals surface area contributed by atoms with E-state index in [1.165, 1.54) is 0 Å². The number of hydrogen-bond donors (Lipinski definition) is 4. The van der Waals surface area contributed by atoms with Gasteiger partial charge in [-0.3, -0.25) is 15.3 Å². The molecule has 268 valence electrons. The van der Waals surface area contributed by atoms with E-state index in [-0.39, 0.29) is 78.3 Å². The number of rotatable bonds is 10. The minimum absolute atomic E-state index is 0.0726. The lowest BCUT2D eigenvalue weighted by Gasteiger charge is -2.54. The molecule has 6 aliphatic rings. The van der Waals surface area contributed by atoms with Crippen molar-refractivity contribution in [3.05, 3.63) is 23.8 Å². The van der Waals surface area contributed by atoms with Crippen molar-refractivity contribution in [1.29, 1.82) is 0 Å². The van der Waals surface area contributed by atoms with Gasteiger partial charge >= 0.3 is 11.9 Å². The largest absolute Gasteiger partial charge is 0.462 e. The van der Waals surface area contributed by atoms with Gasteiger partial charge in [-0.1, -0.05) is 18.2 Å². The third-order valence-electron chi connectivity index (χ3n) is 13.0. The number of nitrogens with two attached hydrogens (primary N) is 3. The Balaban J connectivity index is 1.29. The Hall–Kier alpha value is -2.31. The van der Waals surface area contributed by atoms with Crippen LogP contribution in [0.1, 0.15) is 78.6 Å². The second-order valence-corrected chi connectivity index (χ2v) is 16.1. The molecular formula is C37H60N4O7+2. The summed E-state index contributed by atoms with van der Waals surface area (Å²) in [6.07, 6.45) is 11.9. The first kappa shape index (κ1) is 35.5. The number of esters is 2. The summed E-state index contributed by atoms with van der Waals surface area (Å²) in [5.41, 5.74) is 5.47. The van der Waals surface area contributed by atoms with Gasteiger partial charge in [0.1, 0.15) is 23.5 Å². The second kappa shape index (κ2) is 14.5. The number of aliphatic hydroxyl groups excluding tert-OH is 1. The van der Waals surface area contributed by atoms with E-state index in [9.17, 15) is 19.5 Å². The summed E-state index contributed by atoms with van der Waals surface area (Å²) >= 11 is 0. The van der Waals surface area contributed by atoms with E-state index in [0.717, 1.165) is 51.9 Å². The molecule has 1 saturated carbocycles. The first-order valence-corrected chi connectivity index (χ1v) is 18.7. The molecule has 4 saturated heterocycles. The Morgan fingerprint density at radius 3 is 2.73 bits per heavy atom. The predicted octanol–water partition coefficient (Wildman–Crippen LogP) is 0.615. The number of carbonyl (C=O) groups excluding carboxylic acids is 3. The third kappa shape index (κ3) is 6.74. The molecule has 0 aromatic rings. The fourth-order valence-electron chi connectivity index (χ4n) is 10.2. The standard InChI is InChI=1S/C37H58N4O7/c1-5-22(2)34(44)48-36(3)10-6-9-29(28-15-32(38)40-19-27(28)14-33(43)41-20-23(21-41)18-39-4)37(36)17-26-13-25-12-24(8-7-11-42)35(45)46-30(25)16-31(26)47-37/h5-6,9,23-32,39-40,42H,7-8,10-21,38H2,1-4H3/p+2/t24?,25?,26?,27?,28?,29-,30?,31?,32?,36-,37-/m0/s1. The van der Waals surface area contributed by atoms with Gasteiger partial charge in [0.2, 0.25) is 5.91 Å². The lowest BCUT2D eigenvalue weighted by atomic mass is 9.58. The normalized spacial score (nSPS) is 41.4. The highest BCUT2D eigenvalue weighted by molar-refractivity contribution is 5.88. The van der Waals surface area contributed by atoms with Crippen molar-refractivity contribution in [3.8, 4) is 0 Å². The predicted molar refractivity (Wildman–Crippen MR) is 178 cm³/mol. The topological polar surface area (TPSA) is 162 Å². The molecule has 0 aromatic heterocycles. The summed E-state index contributed by atoms with van der Waals surface area (Å²) in [7, 11) is 2.08. The van der Waals surface area contributed by atoms with E-state index in [1.807, 2.05) is 18.7 Å². The van der Waals surface area contributed by atoms with Crippen LogP contribution in [-0.4, -0.2) is 97.3 Å². The summed E-state index contributed by atoms with van der Waals surface area (Å²) in [5.74, 6) is 0.680. The number of fused-ring (bicyclic) bond motifs is 2. The average Bonchev–Trinajstić information content (AvgIpc) is 3.41. The minimum atomic E-state index is -0.933. The molecule has 8 unspecified atom stereocenters. The Kier molecular flexibility index (Phi) is 10.7. The maximum atomic E-state index is 13.6. The first-order valence-electron chi connectivity index (χ1n) is 18.7. The van der Waals surface area contributed by atoms with Crippen LogP contribution in [0.3, 0.4) is 0 Å². The number of allylic oxidation sites excluding steroid dienone is 1. The number of piperidine rings is 1. The lowest BCUT2D eigenvalue weighted by Crippen LogP contribution is -2.96. The number of ether oxygens (including phenoxy) is 3. The van der Waals surface area contributed by atoms with Crippen molar-refractivity contribution in [3.63, 3.8) is 0 Å². The quantitative estimate of drug-likeness (QED) is 0.149. The minimum Gasteiger partial charge on any atom is -0.462 e. The van der Waals surface area contributed by atoms with Crippen molar-refractivity contribution >= 4 is 17.8 Å². The van der Waals surface area contributed by atoms with Crippen molar-refractivity contribution in [2.45, 2.75) is 108 Å². The summed E-state index contributed by atoms with van der Waals surface area (Å²) in [6, 6.07) is 0. The van der Waals surface area contributed by atoms with Gasteiger partial charge in [0, 0.05) is 68.7 Å². The van der Waals surface area contributed by atoms with Crippen LogP contribution in [0.2, 0.25) is 0 Å². The number of nitrogens with zero attached hydrogens (tertiary/aromatic N) is 1. The summed E-state index contributed by atoms with van der Waals surface area (Å²) < 4.78 is 19.9. The van der Waals surface area contributed by atoms with Crippen LogP contribution in [0.5, 0.6) is 0 Å².